The van der Waals surface area contributed by atoms with Gasteiger partial charge in [-0.15, -0.1) is 0 Å². The highest BCUT2D eigenvalue weighted by Gasteiger charge is 2.10. The molecule has 1 aromatic carbocycles. The summed E-state index contributed by atoms with van der Waals surface area (Å²) in [6, 6.07) is 2.58. The Balaban J connectivity index is 1.96. The first-order valence-corrected chi connectivity index (χ1v) is 7.55. The number of esters is 1. The molecule has 0 atom stereocenters. The molecule has 0 unspecified atom stereocenters. The van der Waals surface area contributed by atoms with Crippen LogP contribution in [-0.4, -0.2) is 27.6 Å². The van der Waals surface area contributed by atoms with Gasteiger partial charge >= 0.3 is 11.7 Å². The second-order valence-corrected chi connectivity index (χ2v) is 5.46. The van der Waals surface area contributed by atoms with Crippen LogP contribution in [0.5, 0.6) is 0 Å². The average molecular weight is 379 g/mol. The lowest BCUT2D eigenvalue weighted by atomic mass is 10.3. The maximum absolute atomic E-state index is 13.4. The lowest BCUT2D eigenvalue weighted by Crippen LogP contribution is -2.37. The summed E-state index contributed by atoms with van der Waals surface area (Å²) in [5.74, 6) is -3.53. The number of benzene rings is 1. The van der Waals surface area contributed by atoms with Crippen molar-refractivity contribution >= 4 is 23.6 Å². The van der Waals surface area contributed by atoms with Gasteiger partial charge < -0.3 is 14.6 Å². The molecule has 142 valence electrons. The maximum Gasteiger partial charge on any atom is 0.331 e. The third-order valence-corrected chi connectivity index (χ3v) is 3.42. The van der Waals surface area contributed by atoms with Gasteiger partial charge in [0.2, 0.25) is 0 Å². The number of aromatic nitrogens is 2. The fourth-order valence-electron chi connectivity index (χ4n) is 2.07. The molecule has 10 heteroatoms. The number of halogens is 2. The Kier molecular flexibility index (Phi) is 6.01. The van der Waals surface area contributed by atoms with Crippen LogP contribution in [-0.2, 0) is 28.4 Å². The minimum atomic E-state index is -0.972. The van der Waals surface area contributed by atoms with Crippen LogP contribution in [0.1, 0.15) is 5.56 Å². The van der Waals surface area contributed by atoms with E-state index in [0.29, 0.717) is 6.07 Å². The van der Waals surface area contributed by atoms with E-state index in [2.05, 4.69) is 10.1 Å². The molecule has 0 radical (unpaired) electrons. The van der Waals surface area contributed by atoms with E-state index in [0.717, 1.165) is 33.4 Å². The number of ether oxygens (including phenoxy) is 1. The van der Waals surface area contributed by atoms with Crippen LogP contribution in [0.3, 0.4) is 0 Å². The van der Waals surface area contributed by atoms with E-state index in [9.17, 15) is 28.0 Å². The van der Waals surface area contributed by atoms with Crippen LogP contribution < -0.4 is 16.6 Å². The summed E-state index contributed by atoms with van der Waals surface area (Å²) in [5, 5.41) is 2.12. The first-order valence-electron chi connectivity index (χ1n) is 7.55. The van der Waals surface area contributed by atoms with E-state index < -0.39 is 41.4 Å². The predicted octanol–water partition coefficient (Wildman–Crippen LogP) is 0.557. The summed E-state index contributed by atoms with van der Waals surface area (Å²) in [6.45, 7) is -0.717. The zero-order valence-electron chi connectivity index (χ0n) is 14.4. The van der Waals surface area contributed by atoms with Crippen molar-refractivity contribution in [2.45, 2.75) is 0 Å². The molecule has 1 amide bonds. The van der Waals surface area contributed by atoms with E-state index >= 15 is 0 Å². The zero-order valence-corrected chi connectivity index (χ0v) is 14.4. The summed E-state index contributed by atoms with van der Waals surface area (Å²) in [7, 11) is 2.73. The standard InChI is InChI=1S/C17H15F2N3O5/c1-21-8-10(16(25)22(2)17(21)26)3-6-15(24)27-9-14(23)20-13-5-4-11(18)7-12(13)19/h3-8H,9H2,1-2H3,(H,20,23)/b6-3+. The normalized spacial score (nSPS) is 10.8. The highest BCUT2D eigenvalue weighted by atomic mass is 19.1. The van der Waals surface area contributed by atoms with Crippen LogP contribution in [0, 0.1) is 11.6 Å². The van der Waals surface area contributed by atoms with Crippen molar-refractivity contribution in [2.75, 3.05) is 11.9 Å². The summed E-state index contributed by atoms with van der Waals surface area (Å²) in [5.41, 5.74) is -1.33. The molecule has 2 rings (SSSR count). The van der Waals surface area contributed by atoms with Crippen LogP contribution in [0.4, 0.5) is 14.5 Å². The molecule has 8 nitrogen and oxygen atoms in total. The first-order chi connectivity index (χ1) is 12.7. The van der Waals surface area contributed by atoms with Crippen molar-refractivity contribution in [1.82, 2.24) is 9.13 Å². The minimum absolute atomic E-state index is 0.0642. The highest BCUT2D eigenvalue weighted by molar-refractivity contribution is 5.94. The molecular weight excluding hydrogens is 364 g/mol. The van der Waals surface area contributed by atoms with Crippen LogP contribution in [0.25, 0.3) is 6.08 Å². The quantitative estimate of drug-likeness (QED) is 0.604. The average Bonchev–Trinajstić information content (AvgIpc) is 2.62. The number of amides is 1. The lowest BCUT2D eigenvalue weighted by Gasteiger charge is -2.06. The number of nitrogens with one attached hydrogen (secondary N) is 1. The van der Waals surface area contributed by atoms with Crippen molar-refractivity contribution in [3.05, 3.63) is 68.5 Å². The van der Waals surface area contributed by atoms with Gasteiger partial charge in [-0.2, -0.15) is 0 Å². The molecule has 0 aliphatic carbocycles. The highest BCUT2D eigenvalue weighted by Crippen LogP contribution is 2.14. The Labute approximate surface area is 151 Å². The molecule has 0 saturated carbocycles. The number of rotatable bonds is 5. The summed E-state index contributed by atoms with van der Waals surface area (Å²) < 4.78 is 32.9. The van der Waals surface area contributed by atoms with Gasteiger partial charge in [0.1, 0.15) is 11.6 Å². The third kappa shape index (κ3) is 4.97. The van der Waals surface area contributed by atoms with Gasteiger partial charge in [0.05, 0.1) is 11.3 Å². The molecule has 0 spiro atoms. The van der Waals surface area contributed by atoms with Gasteiger partial charge in [0, 0.05) is 32.4 Å². The monoisotopic (exact) mass is 379 g/mol. The fourth-order valence-corrected chi connectivity index (χ4v) is 2.07. The van der Waals surface area contributed by atoms with Crippen molar-refractivity contribution < 1.29 is 23.1 Å². The second kappa shape index (κ2) is 8.21. The van der Waals surface area contributed by atoms with E-state index in [-0.39, 0.29) is 11.3 Å². The number of carbonyl (C=O) groups excluding carboxylic acids is 2. The summed E-state index contributed by atoms with van der Waals surface area (Å²) in [6.07, 6.45) is 3.30. The topological polar surface area (TPSA) is 99.4 Å². The Morgan fingerprint density at radius 1 is 1.22 bits per heavy atom. The van der Waals surface area contributed by atoms with Gasteiger partial charge in [0.25, 0.3) is 11.5 Å². The van der Waals surface area contributed by atoms with E-state index in [1.807, 2.05) is 0 Å². The van der Waals surface area contributed by atoms with Gasteiger partial charge in [0.15, 0.2) is 6.61 Å². The van der Waals surface area contributed by atoms with E-state index in [4.69, 9.17) is 0 Å². The largest absolute Gasteiger partial charge is 0.452 e. The fraction of sp³-hybridized carbons (Fsp3) is 0.176. The number of hydrogen-bond donors (Lipinski definition) is 1. The Bertz CT molecular complexity index is 1040. The van der Waals surface area contributed by atoms with Crippen LogP contribution in [0.15, 0.2) is 40.1 Å². The number of carbonyl (C=O) groups is 2. The van der Waals surface area contributed by atoms with Gasteiger partial charge in [-0.05, 0) is 18.2 Å². The van der Waals surface area contributed by atoms with Crippen molar-refractivity contribution in [3.8, 4) is 0 Å². The van der Waals surface area contributed by atoms with E-state index in [1.54, 1.807) is 0 Å². The lowest BCUT2D eigenvalue weighted by molar-refractivity contribution is -0.142. The van der Waals surface area contributed by atoms with Gasteiger partial charge in [-0.1, -0.05) is 0 Å². The van der Waals surface area contributed by atoms with E-state index in [1.165, 1.54) is 20.3 Å². The predicted molar refractivity (Wildman–Crippen MR) is 91.9 cm³/mol. The smallest absolute Gasteiger partial charge is 0.331 e. The number of nitrogens with zero attached hydrogens (tertiary/aromatic N) is 2. The minimum Gasteiger partial charge on any atom is -0.452 e. The van der Waals surface area contributed by atoms with Gasteiger partial charge in [-0.25, -0.2) is 18.4 Å². The Morgan fingerprint density at radius 2 is 1.93 bits per heavy atom. The Hall–Kier alpha value is -3.56. The SMILES string of the molecule is Cn1cc(/C=C/C(=O)OCC(=O)Nc2ccc(F)cc2F)c(=O)n(C)c1=O. The number of anilines is 1. The molecule has 1 N–H and O–H groups in total. The number of aryl methyl sites for hydroxylation is 1. The molecule has 1 aromatic heterocycles. The molecular formula is C17H15F2N3O5. The van der Waals surface area contributed by atoms with Gasteiger partial charge in [-0.3, -0.25) is 14.2 Å². The Morgan fingerprint density at radius 3 is 2.59 bits per heavy atom. The third-order valence-electron chi connectivity index (χ3n) is 3.42. The zero-order chi connectivity index (χ0) is 20.1. The molecule has 0 fully saturated rings. The van der Waals surface area contributed by atoms with Crippen molar-refractivity contribution in [3.63, 3.8) is 0 Å². The molecule has 0 aliphatic rings. The molecule has 0 aliphatic heterocycles. The van der Waals surface area contributed by atoms with Crippen LogP contribution in [0.2, 0.25) is 0 Å². The van der Waals surface area contributed by atoms with Crippen molar-refractivity contribution in [1.29, 1.82) is 0 Å². The van der Waals surface area contributed by atoms with Crippen molar-refractivity contribution in [2.24, 2.45) is 14.1 Å². The second-order valence-electron chi connectivity index (χ2n) is 5.46. The molecule has 27 heavy (non-hydrogen) atoms. The first kappa shape index (κ1) is 19.8. The molecule has 1 heterocycles. The molecule has 2 aromatic rings. The summed E-state index contributed by atoms with van der Waals surface area (Å²) >= 11 is 0. The van der Waals surface area contributed by atoms with Crippen LogP contribution >= 0.6 is 0 Å². The maximum atomic E-state index is 13.4. The number of hydrogen-bond acceptors (Lipinski definition) is 5. The molecule has 0 bridgehead atoms. The molecule has 0 saturated heterocycles. The summed E-state index contributed by atoms with van der Waals surface area (Å²) in [4.78, 5) is 46.8.